The largest absolute Gasteiger partial charge is 0.421 e. The normalized spacial score (nSPS) is 22.4. The average molecular weight is 307 g/mol. The average Bonchev–Trinajstić information content (AvgIpc) is 2.96. The van der Waals surface area contributed by atoms with Crippen molar-refractivity contribution in [1.82, 2.24) is 15.1 Å². The Morgan fingerprint density at radius 3 is 2.77 bits per heavy atom. The number of amides is 1. The molecule has 6 nitrogen and oxygen atoms in total. The number of carbonyl (C=O) groups excluding carboxylic acids is 1. The molecule has 1 aliphatic carbocycles. The van der Waals surface area contributed by atoms with E-state index in [2.05, 4.69) is 10.2 Å². The first kappa shape index (κ1) is 16.7. The summed E-state index contributed by atoms with van der Waals surface area (Å²) in [7, 11) is 1.75. The van der Waals surface area contributed by atoms with E-state index in [1.165, 1.54) is 12.2 Å². The van der Waals surface area contributed by atoms with Gasteiger partial charge in [0.15, 0.2) is 0 Å². The second kappa shape index (κ2) is 7.54. The van der Waals surface area contributed by atoms with Crippen molar-refractivity contribution in [2.45, 2.75) is 51.6 Å². The molecule has 1 fully saturated rings. The Kier molecular flexibility index (Phi) is 5.71. The van der Waals surface area contributed by atoms with E-state index >= 15 is 0 Å². The zero-order valence-electron chi connectivity index (χ0n) is 13.5. The summed E-state index contributed by atoms with van der Waals surface area (Å²) in [4.78, 5) is 13.7. The number of nitrogens with zero attached hydrogens (tertiary/aromatic N) is 3. The van der Waals surface area contributed by atoms with Crippen LogP contribution in [0.3, 0.4) is 0 Å². The summed E-state index contributed by atoms with van der Waals surface area (Å²) in [5, 5.41) is 17.8. The molecule has 1 amide bonds. The molecule has 0 radical (unpaired) electrons. The molecule has 1 N–H and O–H groups in total. The number of hydrogen-bond acceptors (Lipinski definition) is 5. The lowest BCUT2D eigenvalue weighted by Gasteiger charge is -2.30. The van der Waals surface area contributed by atoms with E-state index in [1.54, 1.807) is 11.9 Å². The van der Waals surface area contributed by atoms with Crippen LogP contribution in [0.1, 0.15) is 57.2 Å². The number of carbonyl (C=O) groups is 1. The van der Waals surface area contributed by atoms with Crippen LogP contribution in [-0.2, 0) is 4.79 Å². The third-order valence-electron chi connectivity index (χ3n) is 4.07. The van der Waals surface area contributed by atoms with Crippen molar-refractivity contribution in [1.29, 1.82) is 0 Å². The van der Waals surface area contributed by atoms with Gasteiger partial charge in [0.2, 0.25) is 17.7 Å². The standard InChI is InChI=1S/C16H25N3O3/c1-11(2)16-18-17-14(22-16)8-9-15(21)19(3)10-12-6-4-5-7-13(12)20/h8-9,11-13,20H,4-7,10H2,1-3H3/b9-8+. The van der Waals surface area contributed by atoms with Crippen molar-refractivity contribution < 1.29 is 14.3 Å². The molecule has 0 saturated heterocycles. The second-order valence-electron chi connectivity index (χ2n) is 6.30. The monoisotopic (exact) mass is 307 g/mol. The minimum atomic E-state index is -0.294. The maximum absolute atomic E-state index is 12.1. The van der Waals surface area contributed by atoms with Gasteiger partial charge in [-0.15, -0.1) is 10.2 Å². The number of rotatable bonds is 5. The zero-order chi connectivity index (χ0) is 16.1. The molecule has 0 bridgehead atoms. The van der Waals surface area contributed by atoms with Crippen LogP contribution < -0.4 is 0 Å². The minimum absolute atomic E-state index is 0.123. The summed E-state index contributed by atoms with van der Waals surface area (Å²) < 4.78 is 5.42. The van der Waals surface area contributed by atoms with Crippen LogP contribution in [-0.4, -0.2) is 45.8 Å². The van der Waals surface area contributed by atoms with E-state index in [1.807, 2.05) is 13.8 Å². The third kappa shape index (κ3) is 4.40. The van der Waals surface area contributed by atoms with Crippen molar-refractivity contribution >= 4 is 12.0 Å². The Morgan fingerprint density at radius 2 is 2.14 bits per heavy atom. The van der Waals surface area contributed by atoms with Crippen molar-refractivity contribution in [3.05, 3.63) is 17.9 Å². The number of aliphatic hydroxyl groups is 1. The van der Waals surface area contributed by atoms with Gasteiger partial charge in [0.1, 0.15) is 0 Å². The molecule has 1 heterocycles. The highest BCUT2D eigenvalue weighted by Crippen LogP contribution is 2.24. The van der Waals surface area contributed by atoms with Gasteiger partial charge in [0, 0.05) is 37.6 Å². The van der Waals surface area contributed by atoms with Crippen LogP contribution in [0.2, 0.25) is 0 Å². The van der Waals surface area contributed by atoms with Gasteiger partial charge in [-0.3, -0.25) is 4.79 Å². The summed E-state index contributed by atoms with van der Waals surface area (Å²) >= 11 is 0. The van der Waals surface area contributed by atoms with Crippen LogP contribution in [0.25, 0.3) is 6.08 Å². The van der Waals surface area contributed by atoms with Gasteiger partial charge in [-0.05, 0) is 12.8 Å². The molecule has 0 spiro atoms. The fourth-order valence-electron chi connectivity index (χ4n) is 2.66. The van der Waals surface area contributed by atoms with Gasteiger partial charge in [-0.1, -0.05) is 26.7 Å². The smallest absolute Gasteiger partial charge is 0.246 e. The van der Waals surface area contributed by atoms with Gasteiger partial charge in [0.05, 0.1) is 6.10 Å². The number of aliphatic hydroxyl groups excluding tert-OH is 1. The van der Waals surface area contributed by atoms with Crippen molar-refractivity contribution in [2.24, 2.45) is 5.92 Å². The van der Waals surface area contributed by atoms with Crippen molar-refractivity contribution in [3.8, 4) is 0 Å². The Balaban J connectivity index is 1.88. The highest BCUT2D eigenvalue weighted by Gasteiger charge is 2.25. The van der Waals surface area contributed by atoms with E-state index in [-0.39, 0.29) is 23.8 Å². The van der Waals surface area contributed by atoms with Gasteiger partial charge in [-0.2, -0.15) is 0 Å². The lowest BCUT2D eigenvalue weighted by atomic mass is 9.86. The third-order valence-corrected chi connectivity index (χ3v) is 4.07. The molecule has 2 rings (SSSR count). The van der Waals surface area contributed by atoms with Crippen LogP contribution in [0.4, 0.5) is 0 Å². The minimum Gasteiger partial charge on any atom is -0.421 e. The highest BCUT2D eigenvalue weighted by molar-refractivity contribution is 5.91. The molecule has 6 heteroatoms. The van der Waals surface area contributed by atoms with Gasteiger partial charge >= 0.3 is 0 Å². The molecule has 1 aromatic heterocycles. The van der Waals surface area contributed by atoms with Crippen LogP contribution in [0, 0.1) is 5.92 Å². The molecule has 2 unspecified atom stereocenters. The second-order valence-corrected chi connectivity index (χ2v) is 6.30. The maximum atomic E-state index is 12.1. The first-order valence-corrected chi connectivity index (χ1v) is 7.92. The first-order chi connectivity index (χ1) is 10.5. The van der Waals surface area contributed by atoms with Crippen molar-refractivity contribution in [3.63, 3.8) is 0 Å². The SMILES string of the molecule is CC(C)c1nnc(/C=C/C(=O)N(C)CC2CCCCC2O)o1. The lowest BCUT2D eigenvalue weighted by molar-refractivity contribution is -0.126. The predicted octanol–water partition coefficient (Wildman–Crippen LogP) is 2.22. The maximum Gasteiger partial charge on any atom is 0.246 e. The summed E-state index contributed by atoms with van der Waals surface area (Å²) in [6, 6.07) is 0. The molecule has 22 heavy (non-hydrogen) atoms. The molecular formula is C16H25N3O3. The number of aromatic nitrogens is 2. The van der Waals surface area contributed by atoms with Gasteiger partial charge in [0.25, 0.3) is 0 Å². The topological polar surface area (TPSA) is 79.5 Å². The van der Waals surface area contributed by atoms with Gasteiger partial charge in [-0.25, -0.2) is 0 Å². The lowest BCUT2D eigenvalue weighted by Crippen LogP contribution is -2.37. The van der Waals surface area contributed by atoms with E-state index in [0.717, 1.165) is 25.7 Å². The summed E-state index contributed by atoms with van der Waals surface area (Å²) in [6.07, 6.45) is 6.69. The Hall–Kier alpha value is -1.69. The Morgan fingerprint density at radius 1 is 1.41 bits per heavy atom. The Bertz CT molecular complexity index is 524. The number of hydrogen-bond donors (Lipinski definition) is 1. The molecule has 1 aliphatic rings. The molecule has 0 aliphatic heterocycles. The molecule has 1 saturated carbocycles. The summed E-state index contributed by atoms with van der Waals surface area (Å²) in [5.41, 5.74) is 0. The molecule has 0 aromatic carbocycles. The quantitative estimate of drug-likeness (QED) is 0.844. The van der Waals surface area contributed by atoms with Crippen LogP contribution in [0.15, 0.2) is 10.5 Å². The fourth-order valence-corrected chi connectivity index (χ4v) is 2.66. The van der Waals surface area contributed by atoms with Crippen LogP contribution >= 0.6 is 0 Å². The molecule has 2 atom stereocenters. The zero-order valence-corrected chi connectivity index (χ0v) is 13.5. The fraction of sp³-hybridized carbons (Fsp3) is 0.688. The van der Waals surface area contributed by atoms with Crippen molar-refractivity contribution in [2.75, 3.05) is 13.6 Å². The van der Waals surface area contributed by atoms with E-state index < -0.39 is 0 Å². The number of likely N-dealkylation sites (N-methyl/N-ethyl adjacent to an activating group) is 1. The summed E-state index contributed by atoms with van der Waals surface area (Å²) in [6.45, 7) is 4.51. The summed E-state index contributed by atoms with van der Waals surface area (Å²) in [5.74, 6) is 1.11. The first-order valence-electron chi connectivity index (χ1n) is 7.92. The molecule has 1 aromatic rings. The Labute approximate surface area is 131 Å². The molecular weight excluding hydrogens is 282 g/mol. The van der Waals surface area contributed by atoms with Gasteiger partial charge < -0.3 is 14.4 Å². The van der Waals surface area contributed by atoms with E-state index in [4.69, 9.17) is 4.42 Å². The van der Waals surface area contributed by atoms with E-state index in [9.17, 15) is 9.90 Å². The van der Waals surface area contributed by atoms with Crippen LogP contribution in [0.5, 0.6) is 0 Å². The molecule has 122 valence electrons. The highest BCUT2D eigenvalue weighted by atomic mass is 16.4. The predicted molar refractivity (Wildman–Crippen MR) is 83.0 cm³/mol. The van der Waals surface area contributed by atoms with E-state index in [0.29, 0.717) is 18.3 Å².